The number of aryl methyl sites for hydroxylation is 2. The van der Waals surface area contributed by atoms with Crippen molar-refractivity contribution in [1.82, 2.24) is 29.4 Å². The Balaban J connectivity index is 1.03. The number of aromatic nitrogens is 2. The molecule has 0 atom stereocenters. The summed E-state index contributed by atoms with van der Waals surface area (Å²) in [7, 11) is 2.16. The standard InChI is InChI=1S/C40H52N8O2/c1-29-11-14-33(15-12-29)48-37(26-36(43-48)40(3,4)5)42-39(50)41-35-16-13-31(25-30(35)2)27-45-21-23-47(24-22-45)38(49)34-10-8-7-9-32(34)28-46-19-17-44(6)18-20-46/h7-16,25-26H,17-24,27-28H2,1-6H3,(H2,41,42,50). The topological polar surface area (TPSA) is 89.0 Å². The summed E-state index contributed by atoms with van der Waals surface area (Å²) >= 11 is 0. The largest absolute Gasteiger partial charge is 0.336 e. The van der Waals surface area contributed by atoms with Crippen LogP contribution in [0.3, 0.4) is 0 Å². The minimum atomic E-state index is -0.319. The van der Waals surface area contributed by atoms with Crippen LogP contribution in [0.15, 0.2) is 72.8 Å². The number of anilines is 2. The number of hydrogen-bond donors (Lipinski definition) is 2. The Morgan fingerprint density at radius 1 is 0.760 bits per heavy atom. The maximum absolute atomic E-state index is 13.6. The molecule has 2 aliphatic rings. The van der Waals surface area contributed by atoms with Crippen molar-refractivity contribution < 1.29 is 9.59 Å². The van der Waals surface area contributed by atoms with Crippen molar-refractivity contribution in [3.63, 3.8) is 0 Å². The van der Waals surface area contributed by atoms with Crippen LogP contribution in [0.4, 0.5) is 16.3 Å². The summed E-state index contributed by atoms with van der Waals surface area (Å²) in [6.07, 6.45) is 0. The summed E-state index contributed by atoms with van der Waals surface area (Å²) in [6, 6.07) is 24.0. The minimum Gasteiger partial charge on any atom is -0.336 e. The average molecular weight is 677 g/mol. The van der Waals surface area contributed by atoms with Gasteiger partial charge in [-0.05, 0) is 61.9 Å². The molecule has 2 aliphatic heterocycles. The fourth-order valence-electron chi connectivity index (χ4n) is 6.61. The van der Waals surface area contributed by atoms with E-state index in [9.17, 15) is 9.59 Å². The van der Waals surface area contributed by atoms with E-state index >= 15 is 0 Å². The van der Waals surface area contributed by atoms with Gasteiger partial charge < -0.3 is 15.1 Å². The summed E-state index contributed by atoms with van der Waals surface area (Å²) in [4.78, 5) is 36.1. The minimum absolute atomic E-state index is 0.135. The van der Waals surface area contributed by atoms with E-state index in [-0.39, 0.29) is 17.4 Å². The molecule has 3 amide bonds. The highest BCUT2D eigenvalue weighted by Crippen LogP contribution is 2.27. The average Bonchev–Trinajstić information content (AvgIpc) is 3.52. The lowest BCUT2D eigenvalue weighted by atomic mass is 9.92. The fourth-order valence-corrected chi connectivity index (χ4v) is 6.61. The molecule has 0 radical (unpaired) electrons. The van der Waals surface area contributed by atoms with Gasteiger partial charge in [-0.3, -0.25) is 19.9 Å². The lowest BCUT2D eigenvalue weighted by molar-refractivity contribution is 0.0625. The molecule has 2 N–H and O–H groups in total. The number of urea groups is 1. The van der Waals surface area contributed by atoms with E-state index in [1.54, 1.807) is 4.68 Å². The van der Waals surface area contributed by atoms with E-state index < -0.39 is 0 Å². The zero-order chi connectivity index (χ0) is 35.4. The Hall–Kier alpha value is -4.51. The van der Waals surface area contributed by atoms with Crippen molar-refractivity contribution >= 4 is 23.4 Å². The number of hydrogen-bond acceptors (Lipinski definition) is 6. The van der Waals surface area contributed by atoms with Crippen LogP contribution in [0.1, 0.15) is 59.1 Å². The second kappa shape index (κ2) is 15.2. The van der Waals surface area contributed by atoms with Gasteiger partial charge in [-0.25, -0.2) is 9.48 Å². The summed E-state index contributed by atoms with van der Waals surface area (Å²) in [5.74, 6) is 0.747. The molecule has 0 bridgehead atoms. The zero-order valence-corrected chi connectivity index (χ0v) is 30.5. The van der Waals surface area contributed by atoms with E-state index in [0.29, 0.717) is 18.9 Å². The van der Waals surface area contributed by atoms with Crippen molar-refractivity contribution in [2.45, 2.75) is 53.1 Å². The number of carbonyl (C=O) groups is 2. The van der Waals surface area contributed by atoms with Gasteiger partial charge in [0.25, 0.3) is 5.91 Å². The Kier molecular flexibility index (Phi) is 10.7. The molecule has 3 aromatic carbocycles. The Morgan fingerprint density at radius 3 is 2.10 bits per heavy atom. The SMILES string of the molecule is Cc1ccc(-n2nc(C(C)(C)C)cc2NC(=O)Nc2ccc(CN3CCN(C(=O)c4ccccc4CN4CCN(C)CC4)CC3)cc2C)cc1. The van der Waals surface area contributed by atoms with E-state index in [1.165, 1.54) is 5.56 Å². The van der Waals surface area contributed by atoms with Crippen LogP contribution in [-0.4, -0.2) is 101 Å². The summed E-state index contributed by atoms with van der Waals surface area (Å²) in [5, 5.41) is 10.9. The summed E-state index contributed by atoms with van der Waals surface area (Å²) < 4.78 is 1.79. The van der Waals surface area contributed by atoms with Crippen LogP contribution in [0.2, 0.25) is 0 Å². The van der Waals surface area contributed by atoms with Crippen LogP contribution in [-0.2, 0) is 18.5 Å². The van der Waals surface area contributed by atoms with Gasteiger partial charge in [0.05, 0.1) is 11.4 Å². The third kappa shape index (κ3) is 8.61. The number of nitrogens with zero attached hydrogens (tertiary/aromatic N) is 6. The Morgan fingerprint density at radius 2 is 1.42 bits per heavy atom. The highest BCUT2D eigenvalue weighted by molar-refractivity contribution is 6.00. The molecular weight excluding hydrogens is 624 g/mol. The molecule has 0 spiro atoms. The number of rotatable bonds is 8. The fraction of sp³-hybridized carbons (Fsp3) is 0.425. The van der Waals surface area contributed by atoms with Crippen molar-refractivity contribution in [2.75, 3.05) is 70.0 Å². The monoisotopic (exact) mass is 676 g/mol. The molecule has 10 nitrogen and oxygen atoms in total. The van der Waals surface area contributed by atoms with Gasteiger partial charge in [-0.1, -0.05) is 68.8 Å². The number of likely N-dealkylation sites (N-methyl/N-ethyl adjacent to an activating group) is 1. The van der Waals surface area contributed by atoms with E-state index in [1.807, 2.05) is 73.3 Å². The first-order valence-electron chi connectivity index (χ1n) is 17.8. The first-order valence-corrected chi connectivity index (χ1v) is 17.8. The van der Waals surface area contributed by atoms with Gasteiger partial charge in [0.1, 0.15) is 5.82 Å². The molecule has 50 heavy (non-hydrogen) atoms. The number of benzene rings is 3. The number of amides is 3. The predicted octanol–water partition coefficient (Wildman–Crippen LogP) is 6.14. The first kappa shape index (κ1) is 35.3. The van der Waals surface area contributed by atoms with Gasteiger partial charge in [-0.2, -0.15) is 5.10 Å². The molecule has 1 aromatic heterocycles. The van der Waals surface area contributed by atoms with Crippen molar-refractivity contribution in [3.05, 3.63) is 106 Å². The lowest BCUT2D eigenvalue weighted by Gasteiger charge is -2.36. The first-order chi connectivity index (χ1) is 23.9. The molecule has 2 saturated heterocycles. The molecule has 264 valence electrons. The number of nitrogens with one attached hydrogen (secondary N) is 2. The molecule has 0 unspecified atom stereocenters. The van der Waals surface area contributed by atoms with Crippen LogP contribution >= 0.6 is 0 Å². The zero-order valence-electron chi connectivity index (χ0n) is 30.5. The van der Waals surface area contributed by atoms with Crippen LogP contribution in [0.25, 0.3) is 5.69 Å². The van der Waals surface area contributed by atoms with Crippen molar-refractivity contribution in [3.8, 4) is 5.69 Å². The molecule has 4 aromatic rings. The Labute approximate surface area is 297 Å². The van der Waals surface area contributed by atoms with E-state index in [4.69, 9.17) is 5.10 Å². The summed E-state index contributed by atoms with van der Waals surface area (Å²) in [5.41, 5.74) is 7.65. The molecule has 0 saturated carbocycles. The second-order valence-electron chi connectivity index (χ2n) is 14.9. The summed E-state index contributed by atoms with van der Waals surface area (Å²) in [6.45, 7) is 19.2. The number of carbonyl (C=O) groups excluding carboxylic acids is 2. The van der Waals surface area contributed by atoms with Crippen LogP contribution in [0, 0.1) is 13.8 Å². The number of piperazine rings is 2. The normalized spacial score (nSPS) is 16.4. The third-order valence-corrected chi connectivity index (χ3v) is 9.84. The molecule has 10 heteroatoms. The van der Waals surface area contributed by atoms with Gasteiger partial charge in [-0.15, -0.1) is 0 Å². The highest BCUT2D eigenvalue weighted by Gasteiger charge is 2.26. The molecule has 6 rings (SSSR count). The molecular formula is C40H52N8O2. The van der Waals surface area contributed by atoms with E-state index in [0.717, 1.165) is 91.7 Å². The quantitative estimate of drug-likeness (QED) is 0.233. The maximum Gasteiger partial charge on any atom is 0.324 e. The van der Waals surface area contributed by atoms with E-state index in [2.05, 4.69) is 71.4 Å². The molecule has 2 fully saturated rings. The second-order valence-corrected chi connectivity index (χ2v) is 14.9. The van der Waals surface area contributed by atoms with Gasteiger partial charge in [0.15, 0.2) is 0 Å². The van der Waals surface area contributed by atoms with Crippen molar-refractivity contribution in [2.24, 2.45) is 0 Å². The Bertz CT molecular complexity index is 1790. The van der Waals surface area contributed by atoms with Crippen LogP contribution in [0.5, 0.6) is 0 Å². The van der Waals surface area contributed by atoms with Crippen molar-refractivity contribution in [1.29, 1.82) is 0 Å². The molecule has 0 aliphatic carbocycles. The smallest absolute Gasteiger partial charge is 0.324 e. The van der Waals surface area contributed by atoms with Gasteiger partial charge >= 0.3 is 6.03 Å². The molecule has 3 heterocycles. The van der Waals surface area contributed by atoms with Crippen LogP contribution < -0.4 is 10.6 Å². The maximum atomic E-state index is 13.6. The van der Waals surface area contributed by atoms with Gasteiger partial charge in [0, 0.05) is 88.2 Å². The van der Waals surface area contributed by atoms with Gasteiger partial charge in [0.2, 0.25) is 0 Å². The third-order valence-electron chi connectivity index (χ3n) is 9.84. The predicted molar refractivity (Wildman–Crippen MR) is 201 cm³/mol. The lowest BCUT2D eigenvalue weighted by Crippen LogP contribution is -2.48. The highest BCUT2D eigenvalue weighted by atomic mass is 16.2.